The number of benzene rings is 1. The fraction of sp³-hybridized carbons (Fsp3) is 0.100. The Kier molecular flexibility index (Phi) is 2.34. The number of fused-ring (bicyclic) bond motifs is 3. The number of rotatable bonds is 2. The van der Waals surface area contributed by atoms with Crippen molar-refractivity contribution in [3.63, 3.8) is 0 Å². The molecule has 1 aromatic carbocycles. The van der Waals surface area contributed by atoms with Crippen LogP contribution in [0.3, 0.4) is 0 Å². The van der Waals surface area contributed by atoms with Crippen LogP contribution in [0, 0.1) is 11.3 Å². The lowest BCUT2D eigenvalue weighted by Crippen LogP contribution is -1.98. The molecule has 0 atom stereocenters. The van der Waals surface area contributed by atoms with Crippen molar-refractivity contribution in [3.8, 4) is 6.07 Å². The molecule has 0 amide bonds. The lowest BCUT2D eigenvalue weighted by molar-refractivity contribution is 0.746. The van der Waals surface area contributed by atoms with Crippen molar-refractivity contribution in [2.75, 3.05) is 5.75 Å². The maximum absolute atomic E-state index is 8.54. The number of nitrogens with zero attached hydrogens (tertiary/aromatic N) is 6. The third kappa shape index (κ3) is 1.59. The van der Waals surface area contributed by atoms with Crippen molar-refractivity contribution >= 4 is 28.3 Å². The van der Waals surface area contributed by atoms with Crippen molar-refractivity contribution in [2.24, 2.45) is 0 Å². The van der Waals surface area contributed by atoms with Crippen LogP contribution in [0.1, 0.15) is 0 Å². The minimum atomic E-state index is 0.315. The molecule has 3 aromatic rings. The lowest BCUT2D eigenvalue weighted by Gasteiger charge is -1.97. The van der Waals surface area contributed by atoms with Gasteiger partial charge in [0.25, 0.3) is 0 Å². The lowest BCUT2D eigenvalue weighted by atomic mass is 10.2. The Morgan fingerprint density at radius 3 is 3.00 bits per heavy atom. The average Bonchev–Trinajstić information content (AvgIpc) is 2.80. The highest BCUT2D eigenvalue weighted by atomic mass is 32.2. The van der Waals surface area contributed by atoms with Gasteiger partial charge in [0.2, 0.25) is 5.16 Å². The highest BCUT2D eigenvalue weighted by Crippen LogP contribution is 2.19. The first-order valence-corrected chi connectivity index (χ1v) is 5.85. The molecular weight excluding hydrogens is 236 g/mol. The molecule has 2 aromatic heterocycles. The van der Waals surface area contributed by atoms with Crippen LogP contribution in [0.2, 0.25) is 0 Å². The molecule has 7 heteroatoms. The van der Waals surface area contributed by atoms with E-state index >= 15 is 0 Å². The molecule has 0 radical (unpaired) electrons. The van der Waals surface area contributed by atoms with Crippen molar-refractivity contribution in [3.05, 3.63) is 24.3 Å². The molecule has 0 spiro atoms. The van der Waals surface area contributed by atoms with Gasteiger partial charge in [0, 0.05) is 5.39 Å². The fourth-order valence-electron chi connectivity index (χ4n) is 1.54. The van der Waals surface area contributed by atoms with Crippen LogP contribution in [0.4, 0.5) is 0 Å². The summed E-state index contributed by atoms with van der Waals surface area (Å²) in [6.07, 6.45) is 0. The Morgan fingerprint density at radius 1 is 1.24 bits per heavy atom. The molecule has 0 unspecified atom stereocenters. The standard InChI is InChI=1S/C10H6N6S/c11-5-6-17-10-14-13-9-7-3-1-2-4-8(7)12-15-16(9)10/h1-4H,6H2. The van der Waals surface area contributed by atoms with Crippen molar-refractivity contribution in [2.45, 2.75) is 5.16 Å². The van der Waals surface area contributed by atoms with Gasteiger partial charge in [0.15, 0.2) is 5.65 Å². The summed E-state index contributed by atoms with van der Waals surface area (Å²) in [6.45, 7) is 0. The first-order valence-electron chi connectivity index (χ1n) is 4.87. The molecular formula is C10H6N6S. The molecule has 0 aliphatic carbocycles. The second-order valence-corrected chi connectivity index (χ2v) is 4.21. The first kappa shape index (κ1) is 9.99. The molecule has 2 heterocycles. The Morgan fingerprint density at radius 2 is 2.12 bits per heavy atom. The van der Waals surface area contributed by atoms with Gasteiger partial charge in [0.1, 0.15) is 0 Å². The van der Waals surface area contributed by atoms with E-state index in [0.29, 0.717) is 16.6 Å². The van der Waals surface area contributed by atoms with Crippen LogP contribution < -0.4 is 0 Å². The SMILES string of the molecule is N#CCSc1nnc2c3ccccc3nnn12. The monoisotopic (exact) mass is 242 g/mol. The fourth-order valence-corrected chi connectivity index (χ4v) is 2.08. The minimum Gasteiger partial charge on any atom is -0.197 e. The third-order valence-corrected chi connectivity index (χ3v) is 3.05. The second-order valence-electron chi connectivity index (χ2n) is 3.27. The van der Waals surface area contributed by atoms with Crippen LogP contribution in [-0.2, 0) is 0 Å². The molecule has 0 saturated carbocycles. The van der Waals surface area contributed by atoms with Crippen LogP contribution in [-0.4, -0.2) is 30.8 Å². The second kappa shape index (κ2) is 3.99. The van der Waals surface area contributed by atoms with Gasteiger partial charge in [-0.3, -0.25) is 0 Å². The van der Waals surface area contributed by atoms with E-state index in [4.69, 9.17) is 5.26 Å². The molecule has 0 aliphatic heterocycles. The van der Waals surface area contributed by atoms with Crippen LogP contribution in [0.25, 0.3) is 16.6 Å². The van der Waals surface area contributed by atoms with E-state index in [1.807, 2.05) is 30.3 Å². The molecule has 0 bridgehead atoms. The number of hydrogen-bond acceptors (Lipinski definition) is 6. The van der Waals surface area contributed by atoms with E-state index in [-0.39, 0.29) is 0 Å². The van der Waals surface area contributed by atoms with E-state index in [2.05, 4.69) is 20.5 Å². The van der Waals surface area contributed by atoms with Crippen LogP contribution >= 0.6 is 11.8 Å². The summed E-state index contributed by atoms with van der Waals surface area (Å²) in [6, 6.07) is 9.65. The molecule has 6 nitrogen and oxygen atoms in total. The van der Waals surface area contributed by atoms with Gasteiger partial charge < -0.3 is 0 Å². The molecule has 0 aliphatic rings. The van der Waals surface area contributed by atoms with Crippen molar-refractivity contribution < 1.29 is 0 Å². The topological polar surface area (TPSA) is 79.8 Å². The summed E-state index contributed by atoms with van der Waals surface area (Å²) in [5, 5.41) is 26.2. The Bertz CT molecular complexity index is 728. The number of aromatic nitrogens is 5. The van der Waals surface area contributed by atoms with E-state index in [9.17, 15) is 0 Å². The Balaban J connectivity index is 2.25. The predicted octanol–water partition coefficient (Wildman–Crippen LogP) is 1.29. The van der Waals surface area contributed by atoms with E-state index < -0.39 is 0 Å². The number of nitriles is 1. The number of hydrogen-bond donors (Lipinski definition) is 0. The van der Waals surface area contributed by atoms with Crippen LogP contribution in [0.5, 0.6) is 0 Å². The highest BCUT2D eigenvalue weighted by molar-refractivity contribution is 7.99. The molecule has 17 heavy (non-hydrogen) atoms. The molecule has 0 N–H and O–H groups in total. The van der Waals surface area contributed by atoms with Gasteiger partial charge >= 0.3 is 0 Å². The van der Waals surface area contributed by atoms with Gasteiger partial charge in [-0.2, -0.15) is 9.78 Å². The van der Waals surface area contributed by atoms with Gasteiger partial charge in [-0.1, -0.05) is 29.1 Å². The van der Waals surface area contributed by atoms with E-state index in [0.717, 1.165) is 10.9 Å². The van der Waals surface area contributed by atoms with Gasteiger partial charge in [0.05, 0.1) is 17.3 Å². The van der Waals surface area contributed by atoms with E-state index in [1.165, 1.54) is 11.8 Å². The molecule has 3 rings (SSSR count). The summed E-state index contributed by atoms with van der Waals surface area (Å²) in [7, 11) is 0. The zero-order valence-electron chi connectivity index (χ0n) is 8.61. The smallest absolute Gasteiger partial charge is 0.197 e. The zero-order chi connectivity index (χ0) is 11.7. The van der Waals surface area contributed by atoms with Gasteiger partial charge in [-0.05, 0) is 12.1 Å². The first-order chi connectivity index (χ1) is 8.40. The predicted molar refractivity (Wildman–Crippen MR) is 62.4 cm³/mol. The summed E-state index contributed by atoms with van der Waals surface area (Å²) in [5.74, 6) is 0.315. The highest BCUT2D eigenvalue weighted by Gasteiger charge is 2.10. The number of thioether (sulfide) groups is 1. The third-order valence-electron chi connectivity index (χ3n) is 2.26. The minimum absolute atomic E-state index is 0.315. The molecule has 82 valence electrons. The summed E-state index contributed by atoms with van der Waals surface area (Å²) < 4.78 is 1.56. The largest absolute Gasteiger partial charge is 0.214 e. The van der Waals surface area contributed by atoms with Gasteiger partial charge in [-0.25, -0.2) is 0 Å². The Labute approximate surface area is 100 Å². The Hall–Kier alpha value is -2.20. The van der Waals surface area contributed by atoms with E-state index in [1.54, 1.807) is 4.52 Å². The van der Waals surface area contributed by atoms with Crippen molar-refractivity contribution in [1.82, 2.24) is 25.0 Å². The quantitative estimate of drug-likeness (QED) is 0.630. The normalized spacial score (nSPS) is 10.8. The van der Waals surface area contributed by atoms with Gasteiger partial charge in [-0.15, -0.1) is 15.3 Å². The van der Waals surface area contributed by atoms with Crippen molar-refractivity contribution in [1.29, 1.82) is 5.26 Å². The summed E-state index contributed by atoms with van der Waals surface area (Å²) >= 11 is 1.29. The maximum atomic E-state index is 8.54. The summed E-state index contributed by atoms with van der Waals surface area (Å²) in [4.78, 5) is 0. The average molecular weight is 242 g/mol. The van der Waals surface area contributed by atoms with Crippen LogP contribution in [0.15, 0.2) is 29.4 Å². The zero-order valence-corrected chi connectivity index (χ0v) is 9.42. The molecule has 0 saturated heterocycles. The summed E-state index contributed by atoms with van der Waals surface area (Å²) in [5.41, 5.74) is 1.44. The maximum Gasteiger partial charge on any atom is 0.214 e. The molecule has 0 fully saturated rings.